The van der Waals surface area contributed by atoms with Crippen molar-refractivity contribution < 1.29 is 35.8 Å². The summed E-state index contributed by atoms with van der Waals surface area (Å²) in [5, 5.41) is 12.9. The first kappa shape index (κ1) is 15.2. The van der Waals surface area contributed by atoms with Crippen LogP contribution in [-0.4, -0.2) is 26.7 Å². The van der Waals surface area contributed by atoms with E-state index < -0.39 is 65.4 Å². The number of aliphatic hydroxyl groups excluding tert-OH is 1. The molecule has 4 rings (SSSR count). The minimum absolute atomic E-state index is 0.0925. The fourth-order valence-electron chi connectivity index (χ4n) is 3.97. The minimum Gasteiger partial charge on any atom is -0.382 e. The zero-order valence-electron chi connectivity index (χ0n) is 11.4. The van der Waals surface area contributed by atoms with Crippen LogP contribution in [0.1, 0.15) is 41.9 Å². The molecule has 1 aromatic rings. The first-order valence-corrected chi connectivity index (χ1v) is 7.06. The molecule has 128 valence electrons. The van der Waals surface area contributed by atoms with Gasteiger partial charge in [-0.1, -0.05) is 0 Å². The normalized spacial score (nSPS) is 36.9. The summed E-state index contributed by atoms with van der Waals surface area (Å²) in [6.45, 7) is 0. The van der Waals surface area contributed by atoms with Gasteiger partial charge in [0.2, 0.25) is 0 Å². The highest BCUT2D eigenvalue weighted by Gasteiger charge is 2.72. The molecule has 3 aliphatic rings. The molecule has 10 heteroatoms. The highest BCUT2D eigenvalue weighted by molar-refractivity contribution is 5.38. The average Bonchev–Trinajstić information content (AvgIpc) is 2.85. The Morgan fingerprint density at radius 3 is 2.17 bits per heavy atom. The molecule has 0 spiro atoms. The maximum Gasteiger partial charge on any atom is 0.435 e. The van der Waals surface area contributed by atoms with E-state index in [2.05, 4.69) is 5.10 Å². The lowest BCUT2D eigenvalue weighted by atomic mass is 10.1. The third-order valence-corrected chi connectivity index (χ3v) is 5.16. The molecule has 3 aliphatic carbocycles. The zero-order valence-corrected chi connectivity index (χ0v) is 11.4. The number of aromatic nitrogens is 2. The van der Waals surface area contributed by atoms with Crippen LogP contribution in [0.2, 0.25) is 0 Å². The van der Waals surface area contributed by atoms with Gasteiger partial charge in [0.15, 0.2) is 5.69 Å². The van der Waals surface area contributed by atoms with Gasteiger partial charge in [-0.15, -0.1) is 0 Å². The van der Waals surface area contributed by atoms with Crippen LogP contribution in [0.4, 0.5) is 30.7 Å². The number of alkyl halides is 7. The lowest BCUT2D eigenvalue weighted by Crippen LogP contribution is -2.25. The second kappa shape index (κ2) is 4.01. The third-order valence-electron chi connectivity index (χ3n) is 5.16. The van der Waals surface area contributed by atoms with E-state index in [4.69, 9.17) is 0 Å². The van der Waals surface area contributed by atoms with Crippen LogP contribution in [0.5, 0.6) is 0 Å². The van der Waals surface area contributed by atoms with Gasteiger partial charge in [-0.25, -0.2) is 17.6 Å². The predicted molar refractivity (Wildman–Crippen MR) is 61.0 cm³/mol. The molecule has 0 aromatic carbocycles. The van der Waals surface area contributed by atoms with Gasteiger partial charge in [0.25, 0.3) is 11.8 Å². The summed E-state index contributed by atoms with van der Waals surface area (Å²) in [7, 11) is 0. The van der Waals surface area contributed by atoms with Gasteiger partial charge >= 0.3 is 6.18 Å². The Bertz CT molecular complexity index is 667. The lowest BCUT2D eigenvalue weighted by molar-refractivity contribution is -0.146. The minimum atomic E-state index is -5.00. The van der Waals surface area contributed by atoms with Gasteiger partial charge in [0.05, 0.1) is 18.2 Å². The van der Waals surface area contributed by atoms with Crippen LogP contribution >= 0.6 is 0 Å². The summed E-state index contributed by atoms with van der Waals surface area (Å²) in [5.74, 6) is -8.38. The monoisotopic (exact) mass is 344 g/mol. The van der Waals surface area contributed by atoms with E-state index in [0.29, 0.717) is 0 Å². The van der Waals surface area contributed by atoms with E-state index in [1.807, 2.05) is 0 Å². The highest BCUT2D eigenvalue weighted by atomic mass is 19.4. The van der Waals surface area contributed by atoms with Crippen molar-refractivity contribution in [2.45, 2.75) is 49.4 Å². The van der Waals surface area contributed by atoms with Crippen molar-refractivity contribution in [3.05, 3.63) is 17.0 Å². The summed E-state index contributed by atoms with van der Waals surface area (Å²) < 4.78 is 93.6. The van der Waals surface area contributed by atoms with Crippen LogP contribution in [0, 0.1) is 11.8 Å². The molecule has 23 heavy (non-hydrogen) atoms. The molecule has 2 fully saturated rings. The van der Waals surface area contributed by atoms with E-state index >= 15 is 0 Å². The average molecular weight is 344 g/mol. The molecule has 3 nitrogen and oxygen atoms in total. The quantitative estimate of drug-likeness (QED) is 0.794. The summed E-state index contributed by atoms with van der Waals surface area (Å²) in [5.41, 5.74) is -2.87. The number of fused-ring (bicyclic) bond motifs is 2. The fraction of sp³-hybridized carbons (Fsp3) is 0.769. The van der Waals surface area contributed by atoms with Gasteiger partial charge < -0.3 is 5.11 Å². The van der Waals surface area contributed by atoms with Gasteiger partial charge in [-0.05, 0) is 12.8 Å². The molecule has 0 aliphatic heterocycles. The smallest absolute Gasteiger partial charge is 0.382 e. The Kier molecular flexibility index (Phi) is 2.66. The van der Waals surface area contributed by atoms with Crippen LogP contribution in [-0.2, 0) is 12.6 Å². The maximum atomic E-state index is 13.6. The predicted octanol–water partition coefficient (Wildman–Crippen LogP) is 3.34. The lowest BCUT2D eigenvalue weighted by Gasteiger charge is -2.19. The Morgan fingerprint density at radius 1 is 1.09 bits per heavy atom. The van der Waals surface area contributed by atoms with Crippen molar-refractivity contribution in [3.63, 3.8) is 0 Å². The largest absolute Gasteiger partial charge is 0.435 e. The van der Waals surface area contributed by atoms with Crippen molar-refractivity contribution in [2.24, 2.45) is 11.8 Å². The van der Waals surface area contributed by atoms with Crippen LogP contribution in [0.15, 0.2) is 0 Å². The second-order valence-electron chi connectivity index (χ2n) is 6.50. The van der Waals surface area contributed by atoms with Crippen molar-refractivity contribution in [2.75, 3.05) is 0 Å². The Labute approximate surface area is 125 Å². The Hall–Kier alpha value is -1.32. The fourth-order valence-corrected chi connectivity index (χ4v) is 3.97. The topological polar surface area (TPSA) is 38.1 Å². The molecule has 3 atom stereocenters. The highest BCUT2D eigenvalue weighted by Crippen LogP contribution is 2.67. The molecule has 0 saturated heterocycles. The van der Waals surface area contributed by atoms with E-state index in [0.717, 1.165) is 4.68 Å². The Balaban J connectivity index is 1.75. The number of rotatable bonds is 1. The van der Waals surface area contributed by atoms with Crippen LogP contribution in [0.3, 0.4) is 0 Å². The number of nitrogens with zero attached hydrogens (tertiary/aromatic N) is 2. The SMILES string of the molecule is OC1c2c(C(F)(F)F)nn(C3CC4C(C3)C4(F)F)c2CC1(F)F. The third kappa shape index (κ3) is 1.90. The zero-order chi connectivity index (χ0) is 16.9. The first-order chi connectivity index (χ1) is 10.4. The van der Waals surface area contributed by atoms with Crippen molar-refractivity contribution in [1.82, 2.24) is 9.78 Å². The van der Waals surface area contributed by atoms with Crippen molar-refractivity contribution in [3.8, 4) is 0 Å². The molecule has 3 unspecified atom stereocenters. The Morgan fingerprint density at radius 2 is 1.65 bits per heavy atom. The van der Waals surface area contributed by atoms with E-state index in [1.54, 1.807) is 0 Å². The summed E-state index contributed by atoms with van der Waals surface area (Å²) in [4.78, 5) is 0. The summed E-state index contributed by atoms with van der Waals surface area (Å²) in [6.07, 6.45) is -8.84. The van der Waals surface area contributed by atoms with Gasteiger partial charge in [0, 0.05) is 17.4 Å². The van der Waals surface area contributed by atoms with E-state index in [1.165, 1.54) is 0 Å². The second-order valence-corrected chi connectivity index (χ2v) is 6.50. The molecule has 0 radical (unpaired) electrons. The molecular formula is C13H11F7N2O. The molecule has 0 amide bonds. The molecular weight excluding hydrogens is 333 g/mol. The van der Waals surface area contributed by atoms with Crippen LogP contribution in [0.25, 0.3) is 0 Å². The van der Waals surface area contributed by atoms with Gasteiger partial charge in [-0.2, -0.15) is 18.3 Å². The summed E-state index contributed by atoms with van der Waals surface area (Å²) >= 11 is 0. The molecule has 1 heterocycles. The number of halogens is 7. The molecule has 1 aromatic heterocycles. The number of aliphatic hydroxyl groups is 1. The maximum absolute atomic E-state index is 13.6. The molecule has 0 bridgehead atoms. The van der Waals surface area contributed by atoms with E-state index in [9.17, 15) is 35.8 Å². The van der Waals surface area contributed by atoms with Crippen LogP contribution < -0.4 is 0 Å². The molecule has 1 N–H and O–H groups in total. The standard InChI is InChI=1S/C13H11F7N2O/c14-11(15)3-7-8(10(11)23)9(13(18,19)20)21-22(7)4-1-5-6(2-4)12(5,16)17/h4-6,10,23H,1-3H2. The molecule has 2 saturated carbocycles. The van der Waals surface area contributed by atoms with E-state index in [-0.39, 0.29) is 12.8 Å². The van der Waals surface area contributed by atoms with Gasteiger partial charge in [-0.3, -0.25) is 4.68 Å². The van der Waals surface area contributed by atoms with Gasteiger partial charge in [0.1, 0.15) is 6.10 Å². The van der Waals surface area contributed by atoms with Crippen molar-refractivity contribution >= 4 is 0 Å². The van der Waals surface area contributed by atoms with Crippen molar-refractivity contribution in [1.29, 1.82) is 0 Å². The first-order valence-electron chi connectivity index (χ1n) is 7.06. The number of hydrogen-bond donors (Lipinski definition) is 1. The number of hydrogen-bond acceptors (Lipinski definition) is 2. The summed E-state index contributed by atoms with van der Waals surface area (Å²) in [6, 6.07) is -0.768.